The fraction of sp³-hybridized carbons (Fsp3) is 0.143. The number of halogens is 2. The summed E-state index contributed by atoms with van der Waals surface area (Å²) in [6.07, 6.45) is 0. The van der Waals surface area contributed by atoms with Crippen molar-refractivity contribution in [2.75, 3.05) is 11.0 Å². The molecule has 0 bridgehead atoms. The zero-order valence-electron chi connectivity index (χ0n) is 6.70. The van der Waals surface area contributed by atoms with E-state index in [-0.39, 0.29) is 10.7 Å². The number of hydrogen-bond acceptors (Lipinski definition) is 3. The number of nitro groups is 1. The van der Waals surface area contributed by atoms with E-state index in [1.807, 2.05) is 0 Å². The molecule has 0 aromatic heterocycles. The molecule has 1 aromatic rings. The summed E-state index contributed by atoms with van der Waals surface area (Å²) in [4.78, 5) is 10.1. The standard InChI is InChI=1S/C7H6BrClN2O2/c1-10(8)6-4-2-3-5(9)7(6)11(12)13/h2-4H,1H3. The van der Waals surface area contributed by atoms with Crippen LogP contribution < -0.4 is 3.93 Å². The summed E-state index contributed by atoms with van der Waals surface area (Å²) in [5.41, 5.74) is 0.334. The van der Waals surface area contributed by atoms with E-state index in [1.165, 1.54) is 9.99 Å². The highest BCUT2D eigenvalue weighted by molar-refractivity contribution is 9.10. The second-order valence-corrected chi connectivity index (χ2v) is 3.81. The second-order valence-electron chi connectivity index (χ2n) is 2.34. The molecule has 0 aliphatic heterocycles. The molecule has 0 atom stereocenters. The summed E-state index contributed by atoms with van der Waals surface area (Å²) < 4.78 is 1.47. The molecule has 0 heterocycles. The molecule has 0 amide bonds. The van der Waals surface area contributed by atoms with Crippen LogP contribution in [0.5, 0.6) is 0 Å². The Balaban J connectivity index is 3.34. The Labute approximate surface area is 88.6 Å². The van der Waals surface area contributed by atoms with Crippen LogP contribution in [0.25, 0.3) is 0 Å². The van der Waals surface area contributed by atoms with Crippen molar-refractivity contribution in [3.05, 3.63) is 33.3 Å². The minimum atomic E-state index is -0.505. The molecule has 6 heteroatoms. The molecule has 0 radical (unpaired) electrons. The van der Waals surface area contributed by atoms with Crippen LogP contribution in [-0.4, -0.2) is 12.0 Å². The smallest absolute Gasteiger partial charge is 0.306 e. The van der Waals surface area contributed by atoms with Crippen LogP contribution in [0.2, 0.25) is 5.02 Å². The Morgan fingerprint density at radius 3 is 2.62 bits per heavy atom. The zero-order valence-corrected chi connectivity index (χ0v) is 9.04. The van der Waals surface area contributed by atoms with Crippen LogP contribution in [0.4, 0.5) is 11.4 Å². The molecular formula is C7H6BrClN2O2. The number of nitrogens with zero attached hydrogens (tertiary/aromatic N) is 2. The molecule has 0 aliphatic carbocycles. The van der Waals surface area contributed by atoms with E-state index in [4.69, 9.17) is 11.6 Å². The zero-order chi connectivity index (χ0) is 10.0. The van der Waals surface area contributed by atoms with E-state index in [9.17, 15) is 10.1 Å². The van der Waals surface area contributed by atoms with E-state index in [0.717, 1.165) is 0 Å². The summed E-state index contributed by atoms with van der Waals surface area (Å²) in [7, 11) is 1.65. The van der Waals surface area contributed by atoms with E-state index in [2.05, 4.69) is 16.1 Å². The van der Waals surface area contributed by atoms with Crippen LogP contribution in [-0.2, 0) is 0 Å². The number of nitro benzene ring substituents is 1. The molecule has 1 rings (SSSR count). The van der Waals surface area contributed by atoms with Crippen LogP contribution in [0.3, 0.4) is 0 Å². The summed E-state index contributed by atoms with van der Waals surface area (Å²) in [5.74, 6) is 0. The predicted octanol–water partition coefficient (Wildman–Crippen LogP) is 2.99. The molecule has 1 aromatic carbocycles. The van der Waals surface area contributed by atoms with Gasteiger partial charge in [-0.15, -0.1) is 0 Å². The van der Waals surface area contributed by atoms with Gasteiger partial charge in [-0.3, -0.25) is 10.1 Å². The third-order valence-electron chi connectivity index (χ3n) is 1.48. The normalized spacial score (nSPS) is 9.77. The molecule has 0 unspecified atom stereocenters. The van der Waals surface area contributed by atoms with Crippen molar-refractivity contribution in [1.29, 1.82) is 0 Å². The molecule has 0 fully saturated rings. The van der Waals surface area contributed by atoms with E-state index >= 15 is 0 Å². The lowest BCUT2D eigenvalue weighted by atomic mass is 10.3. The largest absolute Gasteiger partial charge is 0.311 e. The maximum Gasteiger partial charge on any atom is 0.311 e. The van der Waals surface area contributed by atoms with Gasteiger partial charge in [-0.2, -0.15) is 0 Å². The fourth-order valence-electron chi connectivity index (χ4n) is 0.933. The van der Waals surface area contributed by atoms with E-state index in [0.29, 0.717) is 5.69 Å². The van der Waals surface area contributed by atoms with Crippen LogP contribution in [0.1, 0.15) is 0 Å². The van der Waals surface area contributed by atoms with Crippen LogP contribution >= 0.6 is 27.7 Å². The number of para-hydroxylation sites is 1. The van der Waals surface area contributed by atoms with Gasteiger partial charge >= 0.3 is 5.69 Å². The molecule has 0 N–H and O–H groups in total. The van der Waals surface area contributed by atoms with Gasteiger partial charge in [0.15, 0.2) is 0 Å². The number of anilines is 1. The molecule has 0 saturated carbocycles. The summed E-state index contributed by atoms with van der Waals surface area (Å²) in [6, 6.07) is 4.75. The van der Waals surface area contributed by atoms with Crippen molar-refractivity contribution < 1.29 is 4.92 Å². The summed E-state index contributed by atoms with van der Waals surface area (Å²) in [5, 5.41) is 10.8. The molecular weight excluding hydrogens is 259 g/mol. The minimum Gasteiger partial charge on any atom is -0.306 e. The fourth-order valence-corrected chi connectivity index (χ4v) is 1.46. The van der Waals surface area contributed by atoms with Gasteiger partial charge < -0.3 is 3.93 Å². The van der Waals surface area contributed by atoms with Gasteiger partial charge in [-0.25, -0.2) is 0 Å². The highest BCUT2D eigenvalue weighted by Gasteiger charge is 2.19. The van der Waals surface area contributed by atoms with Crippen molar-refractivity contribution in [2.24, 2.45) is 0 Å². The van der Waals surface area contributed by atoms with Gasteiger partial charge in [0.25, 0.3) is 0 Å². The van der Waals surface area contributed by atoms with Gasteiger partial charge in [-0.1, -0.05) is 17.7 Å². The first kappa shape index (κ1) is 10.3. The summed E-state index contributed by atoms with van der Waals surface area (Å²) in [6.45, 7) is 0. The Morgan fingerprint density at radius 2 is 2.23 bits per heavy atom. The number of rotatable bonds is 2. The Hall–Kier alpha value is -0.810. The first-order valence-electron chi connectivity index (χ1n) is 3.36. The predicted molar refractivity (Wildman–Crippen MR) is 55.4 cm³/mol. The van der Waals surface area contributed by atoms with Gasteiger partial charge in [-0.05, 0) is 12.1 Å². The van der Waals surface area contributed by atoms with Gasteiger partial charge in [0, 0.05) is 23.2 Å². The van der Waals surface area contributed by atoms with Crippen molar-refractivity contribution in [3.8, 4) is 0 Å². The second kappa shape index (κ2) is 3.93. The maximum atomic E-state index is 10.6. The molecule has 4 nitrogen and oxygen atoms in total. The monoisotopic (exact) mass is 264 g/mol. The molecule has 70 valence electrons. The highest BCUT2D eigenvalue weighted by atomic mass is 79.9. The lowest BCUT2D eigenvalue weighted by molar-refractivity contribution is -0.383. The van der Waals surface area contributed by atoms with Gasteiger partial charge in [0.05, 0.1) is 4.92 Å². The first-order valence-corrected chi connectivity index (χ1v) is 4.45. The van der Waals surface area contributed by atoms with Gasteiger partial charge in [0.1, 0.15) is 10.7 Å². The Morgan fingerprint density at radius 1 is 1.62 bits per heavy atom. The van der Waals surface area contributed by atoms with Crippen LogP contribution in [0.15, 0.2) is 18.2 Å². The average molecular weight is 265 g/mol. The Kier molecular flexibility index (Phi) is 3.11. The van der Waals surface area contributed by atoms with Crippen molar-refractivity contribution in [1.82, 2.24) is 0 Å². The lowest BCUT2D eigenvalue weighted by Gasteiger charge is -2.09. The molecule has 0 aliphatic rings. The van der Waals surface area contributed by atoms with Gasteiger partial charge in [0.2, 0.25) is 0 Å². The van der Waals surface area contributed by atoms with Crippen molar-refractivity contribution in [2.45, 2.75) is 0 Å². The minimum absolute atomic E-state index is 0.0939. The third kappa shape index (κ3) is 2.10. The molecule has 0 spiro atoms. The summed E-state index contributed by atoms with van der Waals surface area (Å²) >= 11 is 8.79. The quantitative estimate of drug-likeness (QED) is 0.469. The Bertz CT molecular complexity index is 343. The third-order valence-corrected chi connectivity index (χ3v) is 2.17. The highest BCUT2D eigenvalue weighted by Crippen LogP contribution is 2.35. The van der Waals surface area contributed by atoms with E-state index in [1.54, 1.807) is 19.2 Å². The topological polar surface area (TPSA) is 46.4 Å². The van der Waals surface area contributed by atoms with E-state index < -0.39 is 4.92 Å². The first-order chi connectivity index (χ1) is 6.04. The maximum absolute atomic E-state index is 10.6. The molecule has 0 saturated heterocycles. The number of benzene rings is 1. The average Bonchev–Trinajstić information content (AvgIpc) is 2.02. The molecule has 13 heavy (non-hydrogen) atoms. The SMILES string of the molecule is CN(Br)c1cccc(Cl)c1[N+](=O)[O-]. The number of hydrogen-bond donors (Lipinski definition) is 0. The lowest BCUT2D eigenvalue weighted by Crippen LogP contribution is -2.03. The van der Waals surface area contributed by atoms with Crippen molar-refractivity contribution >= 4 is 39.1 Å². The van der Waals surface area contributed by atoms with Crippen LogP contribution in [0, 0.1) is 10.1 Å². The van der Waals surface area contributed by atoms with Crippen molar-refractivity contribution in [3.63, 3.8) is 0 Å².